The van der Waals surface area contributed by atoms with Gasteiger partial charge in [-0.05, 0) is 25.0 Å². The monoisotopic (exact) mass is 287 g/mol. The summed E-state index contributed by atoms with van der Waals surface area (Å²) in [6, 6.07) is 11.7. The molecule has 0 saturated carbocycles. The van der Waals surface area contributed by atoms with Crippen LogP contribution in [0.25, 0.3) is 0 Å². The van der Waals surface area contributed by atoms with Crippen LogP contribution < -0.4 is 5.32 Å². The minimum absolute atomic E-state index is 0.000683. The SMILES string of the molecule is Cc1ccoc1C(=O)NCC(C)(CO)Cc1ccccc1. The maximum atomic E-state index is 12.1. The van der Waals surface area contributed by atoms with Gasteiger partial charge in [-0.15, -0.1) is 0 Å². The molecule has 2 rings (SSSR count). The Balaban J connectivity index is 1.98. The van der Waals surface area contributed by atoms with Gasteiger partial charge in [-0.1, -0.05) is 37.3 Å². The molecule has 21 heavy (non-hydrogen) atoms. The summed E-state index contributed by atoms with van der Waals surface area (Å²) in [4.78, 5) is 12.1. The number of aryl methyl sites for hydroxylation is 1. The molecular formula is C17H21NO3. The third kappa shape index (κ3) is 3.95. The van der Waals surface area contributed by atoms with Crippen molar-refractivity contribution in [2.75, 3.05) is 13.2 Å². The number of furan rings is 1. The zero-order valence-electron chi connectivity index (χ0n) is 12.4. The first-order valence-electron chi connectivity index (χ1n) is 7.01. The van der Waals surface area contributed by atoms with Crippen LogP contribution in [0.2, 0.25) is 0 Å². The zero-order valence-corrected chi connectivity index (χ0v) is 12.4. The van der Waals surface area contributed by atoms with Gasteiger partial charge in [0.25, 0.3) is 5.91 Å². The van der Waals surface area contributed by atoms with Crippen LogP contribution in [0.3, 0.4) is 0 Å². The highest BCUT2D eigenvalue weighted by molar-refractivity contribution is 5.92. The van der Waals surface area contributed by atoms with Gasteiger partial charge in [-0.2, -0.15) is 0 Å². The number of carbonyl (C=O) groups is 1. The van der Waals surface area contributed by atoms with Gasteiger partial charge < -0.3 is 14.8 Å². The number of carbonyl (C=O) groups excluding carboxylic acids is 1. The van der Waals surface area contributed by atoms with Crippen LogP contribution in [0.1, 0.15) is 28.6 Å². The number of nitrogens with one attached hydrogen (secondary N) is 1. The standard InChI is InChI=1S/C17H21NO3/c1-13-8-9-21-15(13)16(20)18-11-17(2,12-19)10-14-6-4-3-5-7-14/h3-9,19H,10-12H2,1-2H3,(H,18,20). The first-order valence-corrected chi connectivity index (χ1v) is 7.01. The second-order valence-electron chi connectivity index (χ2n) is 5.75. The lowest BCUT2D eigenvalue weighted by molar-refractivity contribution is 0.0868. The molecule has 0 bridgehead atoms. The van der Waals surface area contributed by atoms with Crippen molar-refractivity contribution in [1.29, 1.82) is 0 Å². The minimum atomic E-state index is -0.405. The molecule has 1 aromatic heterocycles. The number of benzene rings is 1. The molecule has 0 aliphatic rings. The van der Waals surface area contributed by atoms with E-state index in [0.717, 1.165) is 11.1 Å². The van der Waals surface area contributed by atoms with Crippen LogP contribution in [-0.2, 0) is 6.42 Å². The molecule has 0 fully saturated rings. The highest BCUT2D eigenvalue weighted by Crippen LogP contribution is 2.21. The average Bonchev–Trinajstić information content (AvgIpc) is 2.92. The molecular weight excluding hydrogens is 266 g/mol. The van der Waals surface area contributed by atoms with Gasteiger partial charge in [-0.3, -0.25) is 4.79 Å². The van der Waals surface area contributed by atoms with Crippen molar-refractivity contribution in [3.63, 3.8) is 0 Å². The van der Waals surface area contributed by atoms with E-state index in [-0.39, 0.29) is 12.5 Å². The van der Waals surface area contributed by atoms with Gasteiger partial charge in [-0.25, -0.2) is 0 Å². The van der Waals surface area contributed by atoms with E-state index in [2.05, 4.69) is 5.32 Å². The summed E-state index contributed by atoms with van der Waals surface area (Å²) in [5.74, 6) is 0.0836. The quantitative estimate of drug-likeness (QED) is 0.858. The van der Waals surface area contributed by atoms with E-state index >= 15 is 0 Å². The Hall–Kier alpha value is -2.07. The van der Waals surface area contributed by atoms with Crippen LogP contribution in [0.15, 0.2) is 47.1 Å². The largest absolute Gasteiger partial charge is 0.459 e. The molecule has 4 nitrogen and oxygen atoms in total. The smallest absolute Gasteiger partial charge is 0.287 e. The summed E-state index contributed by atoms with van der Waals surface area (Å²) in [6.45, 7) is 4.17. The Kier molecular flexibility index (Phi) is 4.81. The normalized spacial score (nSPS) is 13.7. The van der Waals surface area contributed by atoms with Crippen molar-refractivity contribution in [2.45, 2.75) is 20.3 Å². The van der Waals surface area contributed by atoms with Gasteiger partial charge in [0.1, 0.15) is 0 Å². The van der Waals surface area contributed by atoms with Crippen LogP contribution in [0, 0.1) is 12.3 Å². The van der Waals surface area contributed by atoms with Crippen molar-refractivity contribution >= 4 is 5.91 Å². The minimum Gasteiger partial charge on any atom is -0.459 e. The summed E-state index contributed by atoms with van der Waals surface area (Å²) < 4.78 is 5.17. The Morgan fingerprint density at radius 3 is 2.57 bits per heavy atom. The van der Waals surface area contributed by atoms with Crippen LogP contribution in [0.4, 0.5) is 0 Å². The Bertz CT molecular complexity index is 591. The van der Waals surface area contributed by atoms with Crippen molar-refractivity contribution < 1.29 is 14.3 Å². The second-order valence-corrected chi connectivity index (χ2v) is 5.75. The number of aliphatic hydroxyl groups is 1. The summed E-state index contributed by atoms with van der Waals surface area (Å²) in [7, 11) is 0. The molecule has 0 aliphatic heterocycles. The van der Waals surface area contributed by atoms with E-state index in [9.17, 15) is 9.90 Å². The molecule has 1 aromatic carbocycles. The predicted octanol–water partition coefficient (Wildman–Crippen LogP) is 2.56. The summed E-state index contributed by atoms with van der Waals surface area (Å²) >= 11 is 0. The topological polar surface area (TPSA) is 62.5 Å². The highest BCUT2D eigenvalue weighted by Gasteiger charge is 2.25. The molecule has 1 heterocycles. The van der Waals surface area contributed by atoms with E-state index in [4.69, 9.17) is 4.42 Å². The first-order chi connectivity index (χ1) is 10.0. The molecule has 0 spiro atoms. The zero-order chi connectivity index (χ0) is 15.3. The van der Waals surface area contributed by atoms with Crippen molar-refractivity contribution in [3.8, 4) is 0 Å². The van der Waals surface area contributed by atoms with Crippen molar-refractivity contribution in [1.82, 2.24) is 5.32 Å². The lowest BCUT2D eigenvalue weighted by Gasteiger charge is -2.27. The fourth-order valence-electron chi connectivity index (χ4n) is 2.24. The average molecular weight is 287 g/mol. The molecule has 0 saturated heterocycles. The maximum Gasteiger partial charge on any atom is 0.287 e. The van der Waals surface area contributed by atoms with Gasteiger partial charge in [0.2, 0.25) is 0 Å². The summed E-state index contributed by atoms with van der Waals surface area (Å²) in [5, 5.41) is 12.5. The predicted molar refractivity (Wildman–Crippen MR) is 81.1 cm³/mol. The molecule has 4 heteroatoms. The first kappa shape index (κ1) is 15.3. The number of aliphatic hydroxyl groups excluding tert-OH is 1. The van der Waals surface area contributed by atoms with E-state index < -0.39 is 5.41 Å². The number of rotatable bonds is 6. The molecule has 1 unspecified atom stereocenters. The van der Waals surface area contributed by atoms with Crippen LogP contribution in [0.5, 0.6) is 0 Å². The number of hydrogen-bond acceptors (Lipinski definition) is 3. The Morgan fingerprint density at radius 2 is 2.00 bits per heavy atom. The van der Waals surface area contributed by atoms with Crippen LogP contribution in [-0.4, -0.2) is 24.2 Å². The molecule has 0 radical (unpaired) electrons. The fourth-order valence-corrected chi connectivity index (χ4v) is 2.24. The molecule has 112 valence electrons. The van der Waals surface area contributed by atoms with E-state index in [0.29, 0.717) is 18.7 Å². The van der Waals surface area contributed by atoms with Gasteiger partial charge in [0, 0.05) is 17.5 Å². The van der Waals surface area contributed by atoms with Crippen molar-refractivity contribution in [2.24, 2.45) is 5.41 Å². The molecule has 2 N–H and O–H groups in total. The lowest BCUT2D eigenvalue weighted by Crippen LogP contribution is -2.39. The maximum absolute atomic E-state index is 12.1. The van der Waals surface area contributed by atoms with E-state index in [1.807, 2.05) is 44.2 Å². The van der Waals surface area contributed by atoms with E-state index in [1.54, 1.807) is 6.07 Å². The van der Waals surface area contributed by atoms with Crippen molar-refractivity contribution in [3.05, 3.63) is 59.5 Å². The number of amides is 1. The Labute approximate surface area is 124 Å². The van der Waals surface area contributed by atoms with Gasteiger partial charge in [0.05, 0.1) is 12.9 Å². The number of hydrogen-bond donors (Lipinski definition) is 2. The summed E-state index contributed by atoms with van der Waals surface area (Å²) in [6.07, 6.45) is 2.20. The Morgan fingerprint density at radius 1 is 1.29 bits per heavy atom. The van der Waals surface area contributed by atoms with Gasteiger partial charge >= 0.3 is 0 Å². The highest BCUT2D eigenvalue weighted by atomic mass is 16.3. The second kappa shape index (κ2) is 6.59. The third-order valence-electron chi connectivity index (χ3n) is 3.60. The van der Waals surface area contributed by atoms with Gasteiger partial charge in [0.15, 0.2) is 5.76 Å². The molecule has 2 aromatic rings. The van der Waals surface area contributed by atoms with Crippen LogP contribution >= 0.6 is 0 Å². The fraction of sp³-hybridized carbons (Fsp3) is 0.353. The summed E-state index contributed by atoms with van der Waals surface area (Å²) in [5.41, 5.74) is 1.54. The third-order valence-corrected chi connectivity index (χ3v) is 3.60. The molecule has 1 atom stereocenters. The molecule has 1 amide bonds. The molecule has 0 aliphatic carbocycles. The lowest BCUT2D eigenvalue weighted by atomic mass is 9.84. The van der Waals surface area contributed by atoms with E-state index in [1.165, 1.54) is 6.26 Å².